The molecule has 1 aromatic carbocycles. The molecular weight excluding hydrogens is 390 g/mol. The van der Waals surface area contributed by atoms with Crippen molar-refractivity contribution in [1.82, 2.24) is 20.9 Å². The van der Waals surface area contributed by atoms with E-state index in [1.807, 2.05) is 36.1 Å². The molecule has 1 aromatic rings. The number of hydrogen-bond donors (Lipinski definition) is 3. The van der Waals surface area contributed by atoms with Gasteiger partial charge in [0.15, 0.2) is 5.96 Å². The number of carbonyl (C=O) groups is 2. The molecule has 7 heteroatoms. The van der Waals surface area contributed by atoms with Crippen LogP contribution in [0.25, 0.3) is 0 Å². The molecule has 2 unspecified atom stereocenters. The van der Waals surface area contributed by atoms with Crippen molar-refractivity contribution in [3.63, 3.8) is 0 Å². The summed E-state index contributed by atoms with van der Waals surface area (Å²) in [5.74, 6) is 1.24. The van der Waals surface area contributed by atoms with E-state index in [2.05, 4.69) is 27.9 Å². The Morgan fingerprint density at radius 1 is 1.23 bits per heavy atom. The summed E-state index contributed by atoms with van der Waals surface area (Å²) in [5, 5.41) is 9.78. The van der Waals surface area contributed by atoms with Gasteiger partial charge in [-0.05, 0) is 50.3 Å². The molecule has 2 fully saturated rings. The van der Waals surface area contributed by atoms with Gasteiger partial charge in [-0.25, -0.2) is 0 Å². The smallest absolute Gasteiger partial charge is 0.251 e. The number of amides is 2. The SMILES string of the molecule is CCC(C)NC(=O)c1cccc(CNC(=NC)NC2CCN(C(=O)C3CCCC3)C2)c1. The van der Waals surface area contributed by atoms with Crippen LogP contribution in [0.15, 0.2) is 29.3 Å². The van der Waals surface area contributed by atoms with Crippen LogP contribution in [-0.4, -0.2) is 54.9 Å². The molecule has 0 radical (unpaired) electrons. The number of nitrogens with zero attached hydrogens (tertiary/aromatic N) is 2. The molecule has 1 aliphatic heterocycles. The van der Waals surface area contributed by atoms with E-state index < -0.39 is 0 Å². The Hall–Kier alpha value is -2.57. The van der Waals surface area contributed by atoms with E-state index in [0.717, 1.165) is 50.3 Å². The Morgan fingerprint density at radius 3 is 2.71 bits per heavy atom. The van der Waals surface area contributed by atoms with Crippen molar-refractivity contribution in [1.29, 1.82) is 0 Å². The molecule has 170 valence electrons. The number of aliphatic imine (C=N–C) groups is 1. The zero-order valence-electron chi connectivity index (χ0n) is 19.1. The quantitative estimate of drug-likeness (QED) is 0.461. The first kappa shape index (κ1) is 23.1. The average Bonchev–Trinajstić information content (AvgIpc) is 3.48. The molecule has 2 atom stereocenters. The third-order valence-corrected chi connectivity index (χ3v) is 6.41. The van der Waals surface area contributed by atoms with Crippen molar-refractivity contribution < 1.29 is 9.59 Å². The Bertz CT molecular complexity index is 788. The molecule has 3 rings (SSSR count). The van der Waals surface area contributed by atoms with E-state index >= 15 is 0 Å². The topological polar surface area (TPSA) is 85.8 Å². The Labute approximate surface area is 186 Å². The lowest BCUT2D eigenvalue weighted by atomic mass is 10.1. The van der Waals surface area contributed by atoms with Crippen LogP contribution in [0.5, 0.6) is 0 Å². The first-order valence-corrected chi connectivity index (χ1v) is 11.7. The summed E-state index contributed by atoms with van der Waals surface area (Å²) in [4.78, 5) is 31.4. The van der Waals surface area contributed by atoms with Crippen LogP contribution in [0.2, 0.25) is 0 Å². The molecule has 2 amide bonds. The third-order valence-electron chi connectivity index (χ3n) is 6.41. The molecule has 31 heavy (non-hydrogen) atoms. The molecule has 0 bridgehead atoms. The van der Waals surface area contributed by atoms with Gasteiger partial charge in [0.2, 0.25) is 5.91 Å². The molecule has 0 aromatic heterocycles. The fourth-order valence-electron chi connectivity index (χ4n) is 4.31. The van der Waals surface area contributed by atoms with Crippen molar-refractivity contribution in [3.05, 3.63) is 35.4 Å². The standard InChI is InChI=1S/C24H37N5O2/c1-4-17(2)27-22(30)20-11-7-8-18(14-20)15-26-24(25-3)28-21-12-13-29(16-21)23(31)19-9-5-6-10-19/h7-8,11,14,17,19,21H,4-6,9-10,12-13,15-16H2,1-3H3,(H,27,30)(H2,25,26,28). The minimum atomic E-state index is -0.0447. The maximum Gasteiger partial charge on any atom is 0.251 e. The number of benzene rings is 1. The van der Waals surface area contributed by atoms with Crippen molar-refractivity contribution in [3.8, 4) is 0 Å². The first-order chi connectivity index (χ1) is 15.0. The summed E-state index contributed by atoms with van der Waals surface area (Å²) in [6.45, 7) is 6.18. The number of likely N-dealkylation sites (tertiary alicyclic amines) is 1. The van der Waals surface area contributed by atoms with Crippen molar-refractivity contribution in [2.24, 2.45) is 10.9 Å². The molecule has 0 spiro atoms. The summed E-state index contributed by atoms with van der Waals surface area (Å²) in [7, 11) is 1.75. The Balaban J connectivity index is 1.48. The van der Waals surface area contributed by atoms with Gasteiger partial charge in [-0.3, -0.25) is 14.6 Å². The number of hydrogen-bond acceptors (Lipinski definition) is 3. The number of nitrogens with one attached hydrogen (secondary N) is 3. The largest absolute Gasteiger partial charge is 0.352 e. The molecular formula is C24H37N5O2. The second kappa shape index (κ2) is 11.2. The van der Waals surface area contributed by atoms with Crippen molar-refractivity contribution in [2.75, 3.05) is 20.1 Å². The second-order valence-corrected chi connectivity index (χ2v) is 8.80. The highest BCUT2D eigenvalue weighted by Gasteiger charge is 2.32. The number of guanidine groups is 1. The van der Waals surface area contributed by atoms with E-state index in [0.29, 0.717) is 18.0 Å². The van der Waals surface area contributed by atoms with E-state index in [4.69, 9.17) is 0 Å². The summed E-state index contributed by atoms with van der Waals surface area (Å²) in [6, 6.07) is 8.02. The maximum absolute atomic E-state index is 12.7. The minimum Gasteiger partial charge on any atom is -0.352 e. The summed E-state index contributed by atoms with van der Waals surface area (Å²) in [6.07, 6.45) is 6.30. The molecule has 2 aliphatic rings. The molecule has 1 aliphatic carbocycles. The van der Waals surface area contributed by atoms with Crippen LogP contribution in [-0.2, 0) is 11.3 Å². The monoisotopic (exact) mass is 427 g/mol. The van der Waals surface area contributed by atoms with Crippen molar-refractivity contribution >= 4 is 17.8 Å². The zero-order valence-corrected chi connectivity index (χ0v) is 19.1. The first-order valence-electron chi connectivity index (χ1n) is 11.7. The van der Waals surface area contributed by atoms with Gasteiger partial charge in [0.1, 0.15) is 0 Å². The van der Waals surface area contributed by atoms with Crippen LogP contribution in [0.4, 0.5) is 0 Å². The highest BCUT2D eigenvalue weighted by molar-refractivity contribution is 5.94. The lowest BCUT2D eigenvalue weighted by Gasteiger charge is -2.21. The summed E-state index contributed by atoms with van der Waals surface area (Å²) >= 11 is 0. The van der Waals surface area contributed by atoms with Crippen LogP contribution in [0.1, 0.15) is 68.3 Å². The Kier molecular flexibility index (Phi) is 8.32. The van der Waals surface area contributed by atoms with Gasteiger partial charge in [-0.2, -0.15) is 0 Å². The van der Waals surface area contributed by atoms with Gasteiger partial charge in [-0.15, -0.1) is 0 Å². The van der Waals surface area contributed by atoms with Gasteiger partial charge in [0, 0.05) is 50.2 Å². The van der Waals surface area contributed by atoms with E-state index in [-0.39, 0.29) is 23.9 Å². The van der Waals surface area contributed by atoms with Crippen LogP contribution in [0, 0.1) is 5.92 Å². The number of carbonyl (C=O) groups excluding carboxylic acids is 2. The minimum absolute atomic E-state index is 0.0447. The average molecular weight is 428 g/mol. The third kappa shape index (κ3) is 6.45. The fraction of sp³-hybridized carbons (Fsp3) is 0.625. The van der Waals surface area contributed by atoms with Crippen LogP contribution >= 0.6 is 0 Å². The predicted molar refractivity (Wildman–Crippen MR) is 124 cm³/mol. The summed E-state index contributed by atoms with van der Waals surface area (Å²) in [5.41, 5.74) is 1.68. The Morgan fingerprint density at radius 2 is 2.00 bits per heavy atom. The van der Waals surface area contributed by atoms with Gasteiger partial charge in [0.25, 0.3) is 5.91 Å². The van der Waals surface area contributed by atoms with Gasteiger partial charge >= 0.3 is 0 Å². The summed E-state index contributed by atoms with van der Waals surface area (Å²) < 4.78 is 0. The highest BCUT2D eigenvalue weighted by Crippen LogP contribution is 2.27. The van der Waals surface area contributed by atoms with Crippen LogP contribution < -0.4 is 16.0 Å². The fourth-order valence-corrected chi connectivity index (χ4v) is 4.31. The lowest BCUT2D eigenvalue weighted by molar-refractivity contribution is -0.134. The predicted octanol–water partition coefficient (Wildman–Crippen LogP) is 2.67. The van der Waals surface area contributed by atoms with E-state index in [9.17, 15) is 9.59 Å². The van der Waals surface area contributed by atoms with Gasteiger partial charge in [0.05, 0.1) is 0 Å². The lowest BCUT2D eigenvalue weighted by Crippen LogP contribution is -2.45. The van der Waals surface area contributed by atoms with Crippen molar-refractivity contribution in [2.45, 2.75) is 71.0 Å². The van der Waals surface area contributed by atoms with Crippen LogP contribution in [0.3, 0.4) is 0 Å². The maximum atomic E-state index is 12.7. The second-order valence-electron chi connectivity index (χ2n) is 8.80. The molecule has 3 N–H and O–H groups in total. The molecule has 1 saturated heterocycles. The molecule has 1 heterocycles. The normalized spacial score (nSPS) is 20.5. The molecule has 1 saturated carbocycles. The highest BCUT2D eigenvalue weighted by atomic mass is 16.2. The molecule has 7 nitrogen and oxygen atoms in total. The van der Waals surface area contributed by atoms with E-state index in [1.165, 1.54) is 12.8 Å². The number of rotatable bonds is 7. The van der Waals surface area contributed by atoms with Gasteiger partial charge in [-0.1, -0.05) is 31.9 Å². The zero-order chi connectivity index (χ0) is 22.2. The van der Waals surface area contributed by atoms with E-state index in [1.54, 1.807) is 7.05 Å². The van der Waals surface area contributed by atoms with Gasteiger partial charge < -0.3 is 20.9 Å².